The number of hydrogen-bond acceptors (Lipinski definition) is 3. The number of benzene rings is 2. The Morgan fingerprint density at radius 3 is 2.86 bits per heavy atom. The number of aliphatic hydroxyl groups is 1. The van der Waals surface area contributed by atoms with Gasteiger partial charge in [0.1, 0.15) is 11.9 Å². The zero-order chi connectivity index (χ0) is 14.8. The molecule has 5 heteroatoms. The van der Waals surface area contributed by atoms with Gasteiger partial charge in [-0.2, -0.15) is 0 Å². The molecular weight excluding hydrogens is 327 g/mol. The maximum Gasteiger partial charge on any atom is 0.134 e. The lowest BCUT2D eigenvalue weighted by Crippen LogP contribution is -2.37. The first-order chi connectivity index (χ1) is 10.1. The second-order valence-electron chi connectivity index (χ2n) is 4.90. The van der Waals surface area contributed by atoms with Gasteiger partial charge < -0.3 is 9.84 Å². The van der Waals surface area contributed by atoms with E-state index >= 15 is 0 Å². The summed E-state index contributed by atoms with van der Waals surface area (Å²) in [6, 6.07) is 13.3. The van der Waals surface area contributed by atoms with Gasteiger partial charge in [-0.15, -0.1) is 11.8 Å². The van der Waals surface area contributed by atoms with E-state index < -0.39 is 6.10 Å². The molecule has 0 aliphatic carbocycles. The minimum Gasteiger partial charge on any atom is -0.486 e. The molecule has 21 heavy (non-hydrogen) atoms. The highest BCUT2D eigenvalue weighted by Crippen LogP contribution is 2.36. The van der Waals surface area contributed by atoms with Crippen LogP contribution < -0.4 is 4.74 Å². The normalized spacial score (nSPS) is 18.7. The lowest BCUT2D eigenvalue weighted by molar-refractivity contribution is 0.0469. The molecule has 0 aromatic heterocycles. The predicted octanol–water partition coefficient (Wildman–Crippen LogP) is 4.45. The van der Waals surface area contributed by atoms with Gasteiger partial charge in [-0.05, 0) is 23.8 Å². The smallest absolute Gasteiger partial charge is 0.134 e. The number of halogens is 2. The van der Waals surface area contributed by atoms with Crippen LogP contribution in [0, 0.1) is 0 Å². The molecule has 2 unspecified atom stereocenters. The molecule has 0 amide bonds. The van der Waals surface area contributed by atoms with Crippen molar-refractivity contribution in [2.75, 3.05) is 5.75 Å². The van der Waals surface area contributed by atoms with Gasteiger partial charge in [0.25, 0.3) is 0 Å². The standard InChI is InChI=1S/C16H14Cl2O2S/c17-11-5-3-4-10(16(11)18)8-12(19)14-9-21-15-7-2-1-6-13(15)20-14/h1-7,12,14,19H,8-9H2. The lowest BCUT2D eigenvalue weighted by atomic mass is 10.0. The molecule has 0 saturated carbocycles. The zero-order valence-corrected chi connectivity index (χ0v) is 13.5. The Bertz CT molecular complexity index is 648. The van der Waals surface area contributed by atoms with Crippen molar-refractivity contribution in [1.82, 2.24) is 0 Å². The Hall–Kier alpha value is -0.870. The van der Waals surface area contributed by atoms with Gasteiger partial charge in [0.2, 0.25) is 0 Å². The Kier molecular flexibility index (Phi) is 4.65. The van der Waals surface area contributed by atoms with Crippen molar-refractivity contribution >= 4 is 35.0 Å². The van der Waals surface area contributed by atoms with Crippen LogP contribution in [0.15, 0.2) is 47.4 Å². The van der Waals surface area contributed by atoms with E-state index in [9.17, 15) is 5.11 Å². The molecular formula is C16H14Cl2O2S. The molecule has 3 rings (SSSR count). The van der Waals surface area contributed by atoms with Gasteiger partial charge in [0.15, 0.2) is 0 Å². The minimum atomic E-state index is -0.623. The van der Waals surface area contributed by atoms with Gasteiger partial charge in [-0.25, -0.2) is 0 Å². The Morgan fingerprint density at radius 1 is 1.19 bits per heavy atom. The van der Waals surface area contributed by atoms with E-state index in [1.54, 1.807) is 17.8 Å². The molecule has 2 nitrogen and oxygen atoms in total. The van der Waals surface area contributed by atoms with Crippen molar-refractivity contribution in [3.05, 3.63) is 58.1 Å². The van der Waals surface area contributed by atoms with Crippen LogP contribution in [0.1, 0.15) is 5.56 Å². The summed E-state index contributed by atoms with van der Waals surface area (Å²) < 4.78 is 5.89. The zero-order valence-electron chi connectivity index (χ0n) is 11.1. The molecule has 0 saturated heterocycles. The molecule has 0 bridgehead atoms. The number of rotatable bonds is 3. The van der Waals surface area contributed by atoms with E-state index in [0.29, 0.717) is 16.5 Å². The van der Waals surface area contributed by atoms with Crippen LogP contribution in [-0.4, -0.2) is 23.1 Å². The molecule has 2 aromatic rings. The van der Waals surface area contributed by atoms with Crippen molar-refractivity contribution in [3.63, 3.8) is 0 Å². The Balaban J connectivity index is 1.72. The van der Waals surface area contributed by atoms with E-state index in [4.69, 9.17) is 27.9 Å². The largest absolute Gasteiger partial charge is 0.486 e. The maximum atomic E-state index is 10.4. The molecule has 2 atom stereocenters. The maximum absolute atomic E-state index is 10.4. The van der Waals surface area contributed by atoms with Crippen LogP contribution in [0.25, 0.3) is 0 Å². The Morgan fingerprint density at radius 2 is 2.00 bits per heavy atom. The average molecular weight is 341 g/mol. The van der Waals surface area contributed by atoms with Crippen LogP contribution in [-0.2, 0) is 6.42 Å². The van der Waals surface area contributed by atoms with E-state index in [1.165, 1.54) is 0 Å². The highest BCUT2D eigenvalue weighted by molar-refractivity contribution is 7.99. The first-order valence-corrected chi connectivity index (χ1v) is 8.39. The molecule has 1 aliphatic heterocycles. The van der Waals surface area contributed by atoms with E-state index in [-0.39, 0.29) is 6.10 Å². The van der Waals surface area contributed by atoms with E-state index in [0.717, 1.165) is 22.0 Å². The summed E-state index contributed by atoms with van der Waals surface area (Å²) in [6.07, 6.45) is -0.450. The fourth-order valence-electron chi connectivity index (χ4n) is 2.29. The summed E-state index contributed by atoms with van der Waals surface area (Å²) in [7, 11) is 0. The van der Waals surface area contributed by atoms with Gasteiger partial charge in [0.05, 0.1) is 16.1 Å². The van der Waals surface area contributed by atoms with E-state index in [2.05, 4.69) is 0 Å². The third kappa shape index (κ3) is 3.32. The number of ether oxygens (including phenoxy) is 1. The molecule has 0 radical (unpaired) electrons. The molecule has 1 aliphatic rings. The minimum absolute atomic E-state index is 0.250. The highest BCUT2D eigenvalue weighted by Gasteiger charge is 2.27. The van der Waals surface area contributed by atoms with Crippen molar-refractivity contribution < 1.29 is 9.84 Å². The third-order valence-corrected chi connectivity index (χ3v) is 5.42. The van der Waals surface area contributed by atoms with Crippen LogP contribution in [0.2, 0.25) is 10.0 Å². The lowest BCUT2D eigenvalue weighted by Gasteiger charge is -2.29. The summed E-state index contributed by atoms with van der Waals surface area (Å²) in [6.45, 7) is 0. The molecule has 0 spiro atoms. The van der Waals surface area contributed by atoms with Crippen molar-refractivity contribution in [1.29, 1.82) is 0 Å². The molecule has 1 N–H and O–H groups in total. The fourth-order valence-corrected chi connectivity index (χ4v) is 3.75. The quantitative estimate of drug-likeness (QED) is 0.894. The summed E-state index contributed by atoms with van der Waals surface area (Å²) >= 11 is 13.9. The first kappa shape index (κ1) is 15.0. The molecule has 0 fully saturated rings. The van der Waals surface area contributed by atoms with Crippen molar-refractivity contribution in [2.45, 2.75) is 23.5 Å². The first-order valence-electron chi connectivity index (χ1n) is 6.64. The summed E-state index contributed by atoms with van der Waals surface area (Å²) in [4.78, 5) is 1.11. The average Bonchev–Trinajstić information content (AvgIpc) is 2.51. The predicted molar refractivity (Wildman–Crippen MR) is 87.8 cm³/mol. The van der Waals surface area contributed by atoms with Crippen LogP contribution >= 0.6 is 35.0 Å². The number of aliphatic hydroxyl groups excluding tert-OH is 1. The van der Waals surface area contributed by atoms with Gasteiger partial charge in [-0.1, -0.05) is 47.5 Å². The van der Waals surface area contributed by atoms with Crippen LogP contribution in [0.3, 0.4) is 0 Å². The van der Waals surface area contributed by atoms with Gasteiger partial charge in [-0.3, -0.25) is 0 Å². The van der Waals surface area contributed by atoms with E-state index in [1.807, 2.05) is 36.4 Å². The van der Waals surface area contributed by atoms with Gasteiger partial charge in [0, 0.05) is 17.1 Å². The summed E-state index contributed by atoms with van der Waals surface area (Å²) in [5, 5.41) is 11.4. The van der Waals surface area contributed by atoms with Crippen LogP contribution in [0.4, 0.5) is 0 Å². The van der Waals surface area contributed by atoms with Crippen LogP contribution in [0.5, 0.6) is 5.75 Å². The SMILES string of the molecule is OC(Cc1cccc(Cl)c1Cl)C1CSc2ccccc2O1. The monoisotopic (exact) mass is 340 g/mol. The second-order valence-corrected chi connectivity index (χ2v) is 6.75. The van der Waals surface area contributed by atoms with Crippen molar-refractivity contribution in [3.8, 4) is 5.75 Å². The number of fused-ring (bicyclic) bond motifs is 1. The fraction of sp³-hybridized carbons (Fsp3) is 0.250. The Labute approximate surface area is 138 Å². The summed E-state index contributed by atoms with van der Waals surface area (Å²) in [5.74, 6) is 1.55. The number of para-hydroxylation sites is 1. The topological polar surface area (TPSA) is 29.5 Å². The van der Waals surface area contributed by atoms with Gasteiger partial charge >= 0.3 is 0 Å². The van der Waals surface area contributed by atoms with Crippen molar-refractivity contribution in [2.24, 2.45) is 0 Å². The number of thioether (sulfide) groups is 1. The number of hydrogen-bond donors (Lipinski definition) is 1. The highest BCUT2D eigenvalue weighted by atomic mass is 35.5. The summed E-state index contributed by atoms with van der Waals surface area (Å²) in [5.41, 5.74) is 0.837. The third-order valence-electron chi connectivity index (χ3n) is 3.42. The molecule has 2 aromatic carbocycles. The molecule has 1 heterocycles. The second kappa shape index (κ2) is 6.49. The molecule has 110 valence electrons.